The van der Waals surface area contributed by atoms with Gasteiger partial charge in [-0.05, 0) is 36.8 Å². The van der Waals surface area contributed by atoms with Crippen molar-refractivity contribution in [2.75, 3.05) is 45.1 Å². The number of nitrogens with zero attached hydrogens (tertiary/aromatic N) is 4. The van der Waals surface area contributed by atoms with Crippen LogP contribution in [-0.4, -0.2) is 59.6 Å². The minimum atomic E-state index is -0.371. The fraction of sp³-hybridized carbons (Fsp3) is 0.308. The monoisotopic (exact) mass is 491 g/mol. The predicted octanol–water partition coefficient (Wildman–Crippen LogP) is 1.28. The van der Waals surface area contributed by atoms with Crippen LogP contribution in [0.4, 0.5) is 10.2 Å². The van der Waals surface area contributed by atoms with Gasteiger partial charge < -0.3 is 15.8 Å². The van der Waals surface area contributed by atoms with Gasteiger partial charge in [0.25, 0.3) is 17.1 Å². The summed E-state index contributed by atoms with van der Waals surface area (Å²) < 4.78 is 22.0. The van der Waals surface area contributed by atoms with Gasteiger partial charge in [-0.15, -0.1) is 0 Å². The summed E-state index contributed by atoms with van der Waals surface area (Å²) in [5.41, 5.74) is 8.87. The van der Waals surface area contributed by atoms with E-state index >= 15 is 0 Å². The lowest BCUT2D eigenvalue weighted by Crippen LogP contribution is -2.44. The van der Waals surface area contributed by atoms with E-state index in [2.05, 4.69) is 10.2 Å². The lowest BCUT2D eigenvalue weighted by atomic mass is 10.1. The summed E-state index contributed by atoms with van der Waals surface area (Å²) in [5.74, 6) is -0.544. The number of halogens is 1. The zero-order valence-electron chi connectivity index (χ0n) is 20.0. The van der Waals surface area contributed by atoms with E-state index in [1.54, 1.807) is 29.0 Å². The van der Waals surface area contributed by atoms with E-state index in [-0.39, 0.29) is 40.6 Å². The number of nitrogen functional groups attached to an aromatic ring is 1. The third-order valence-electron chi connectivity index (χ3n) is 6.49. The third-order valence-corrected chi connectivity index (χ3v) is 6.49. The SMILES string of the molecule is Cc1cccn2c(=O)c3cc(C(=O)NCCN4CCOCC4)c(N)[n+](Cc4ccc(F)cc4)c3nc12. The topological polar surface area (TPSA) is 106 Å². The Labute approximate surface area is 206 Å². The second kappa shape index (κ2) is 10.00. The van der Waals surface area contributed by atoms with Gasteiger partial charge in [-0.25, -0.2) is 8.96 Å². The Bertz CT molecular complexity index is 1500. The Morgan fingerprint density at radius 1 is 1.22 bits per heavy atom. The number of nitrogens with two attached hydrogens (primary N) is 1. The van der Waals surface area contributed by atoms with E-state index in [0.717, 1.165) is 24.2 Å². The molecule has 5 rings (SSSR count). The van der Waals surface area contributed by atoms with Crippen molar-refractivity contribution in [3.05, 3.63) is 81.5 Å². The van der Waals surface area contributed by atoms with Crippen molar-refractivity contribution in [1.29, 1.82) is 0 Å². The zero-order chi connectivity index (χ0) is 25.2. The molecule has 0 spiro atoms. The van der Waals surface area contributed by atoms with Crippen LogP contribution >= 0.6 is 0 Å². The lowest BCUT2D eigenvalue weighted by Gasteiger charge is -2.26. The van der Waals surface area contributed by atoms with Crippen molar-refractivity contribution in [3.8, 4) is 0 Å². The maximum atomic E-state index is 13.5. The molecule has 9 nitrogen and oxygen atoms in total. The van der Waals surface area contributed by atoms with Crippen molar-refractivity contribution < 1.29 is 18.5 Å². The number of rotatable bonds is 6. The second-order valence-electron chi connectivity index (χ2n) is 8.90. The van der Waals surface area contributed by atoms with E-state index in [9.17, 15) is 14.0 Å². The normalized spacial score (nSPS) is 14.4. The first kappa shape index (κ1) is 23.8. The molecule has 1 fully saturated rings. The number of carbonyl (C=O) groups excluding carboxylic acids is 1. The molecule has 3 aromatic heterocycles. The average molecular weight is 492 g/mol. The van der Waals surface area contributed by atoms with Gasteiger partial charge in [0.05, 0.1) is 19.8 Å². The first-order chi connectivity index (χ1) is 17.4. The highest BCUT2D eigenvalue weighted by atomic mass is 19.1. The van der Waals surface area contributed by atoms with Gasteiger partial charge in [-0.2, -0.15) is 0 Å². The number of aryl methyl sites for hydroxylation is 1. The number of pyridine rings is 2. The molecule has 0 radical (unpaired) electrons. The first-order valence-corrected chi connectivity index (χ1v) is 11.9. The van der Waals surface area contributed by atoms with Crippen LogP contribution < -0.4 is 21.2 Å². The Kier molecular flexibility index (Phi) is 6.62. The van der Waals surface area contributed by atoms with Crippen LogP contribution in [0, 0.1) is 12.7 Å². The summed E-state index contributed by atoms with van der Waals surface area (Å²) in [6.45, 7) is 6.21. The molecule has 3 N–H and O–H groups in total. The molecule has 1 aliphatic heterocycles. The van der Waals surface area contributed by atoms with Crippen LogP contribution in [0.15, 0.2) is 53.5 Å². The number of benzene rings is 1. The molecule has 36 heavy (non-hydrogen) atoms. The summed E-state index contributed by atoms with van der Waals surface area (Å²) in [7, 11) is 0. The van der Waals surface area contributed by atoms with Crippen LogP contribution in [0.5, 0.6) is 0 Å². The Morgan fingerprint density at radius 2 is 1.97 bits per heavy atom. The fourth-order valence-electron chi connectivity index (χ4n) is 4.47. The largest absolute Gasteiger partial charge is 0.379 e. The summed E-state index contributed by atoms with van der Waals surface area (Å²) in [6, 6.07) is 11.2. The fourth-order valence-corrected chi connectivity index (χ4v) is 4.47. The van der Waals surface area contributed by atoms with Gasteiger partial charge in [0.2, 0.25) is 11.5 Å². The van der Waals surface area contributed by atoms with Gasteiger partial charge in [-0.3, -0.25) is 18.9 Å². The minimum absolute atomic E-state index is 0.181. The van der Waals surface area contributed by atoms with Crippen molar-refractivity contribution in [3.63, 3.8) is 0 Å². The summed E-state index contributed by atoms with van der Waals surface area (Å²) in [6.07, 6.45) is 1.65. The van der Waals surface area contributed by atoms with Crippen molar-refractivity contribution in [1.82, 2.24) is 19.6 Å². The Morgan fingerprint density at radius 3 is 2.72 bits per heavy atom. The molecule has 4 aromatic rings. The molecule has 0 unspecified atom stereocenters. The molecular weight excluding hydrogens is 463 g/mol. The number of anilines is 1. The van der Waals surface area contributed by atoms with E-state index in [1.807, 2.05) is 13.0 Å². The van der Waals surface area contributed by atoms with Crippen LogP contribution in [0.1, 0.15) is 21.5 Å². The van der Waals surface area contributed by atoms with Gasteiger partial charge in [0.1, 0.15) is 16.8 Å². The summed E-state index contributed by atoms with van der Waals surface area (Å²) in [4.78, 5) is 33.6. The highest BCUT2D eigenvalue weighted by Crippen LogP contribution is 2.17. The molecule has 1 aliphatic rings. The number of aromatic nitrogens is 3. The maximum Gasteiger partial charge on any atom is 0.278 e. The molecule has 10 heteroatoms. The number of morpholine rings is 1. The molecule has 1 aromatic carbocycles. The van der Waals surface area contributed by atoms with Crippen LogP contribution in [-0.2, 0) is 11.3 Å². The first-order valence-electron chi connectivity index (χ1n) is 11.9. The van der Waals surface area contributed by atoms with Gasteiger partial charge >= 0.3 is 0 Å². The second-order valence-corrected chi connectivity index (χ2v) is 8.90. The Hall–Kier alpha value is -3.89. The molecule has 1 saturated heterocycles. The van der Waals surface area contributed by atoms with Gasteiger partial charge in [0, 0.05) is 37.9 Å². The standard InChI is InChI=1S/C26H27FN6O3/c1-17-3-2-9-32-23(17)30-24-21(26(32)35)15-20(25(34)29-8-10-31-11-13-36-14-12-31)22(28)33(24)16-18-4-6-19(27)7-5-18/h2-7,9,15,28H,8,10-14,16H2,1H3,(H,29,34)/p+1. The smallest absolute Gasteiger partial charge is 0.278 e. The number of amides is 1. The van der Waals surface area contributed by atoms with Crippen molar-refractivity contribution in [2.45, 2.75) is 13.5 Å². The van der Waals surface area contributed by atoms with Crippen molar-refractivity contribution in [2.24, 2.45) is 0 Å². The molecule has 0 bridgehead atoms. The van der Waals surface area contributed by atoms with Gasteiger partial charge in [-0.1, -0.05) is 23.2 Å². The predicted molar refractivity (Wildman–Crippen MR) is 133 cm³/mol. The minimum Gasteiger partial charge on any atom is -0.379 e. The Balaban J connectivity index is 1.58. The van der Waals surface area contributed by atoms with Gasteiger partial charge in [0.15, 0.2) is 0 Å². The lowest BCUT2D eigenvalue weighted by molar-refractivity contribution is -0.649. The molecule has 0 aliphatic carbocycles. The number of nitrogens with one attached hydrogen (secondary N) is 1. The molecule has 1 amide bonds. The van der Waals surface area contributed by atoms with Crippen LogP contribution in [0.25, 0.3) is 16.7 Å². The molecule has 186 valence electrons. The average Bonchev–Trinajstić information content (AvgIpc) is 2.88. The zero-order valence-corrected chi connectivity index (χ0v) is 20.0. The third kappa shape index (κ3) is 4.65. The van der Waals surface area contributed by atoms with E-state index in [1.165, 1.54) is 22.6 Å². The van der Waals surface area contributed by atoms with E-state index in [0.29, 0.717) is 37.6 Å². The number of fused-ring (bicyclic) bond motifs is 2. The summed E-state index contributed by atoms with van der Waals surface area (Å²) >= 11 is 0. The molecule has 0 saturated carbocycles. The number of carbonyl (C=O) groups is 1. The quantitative estimate of drug-likeness (QED) is 0.311. The van der Waals surface area contributed by atoms with Crippen LogP contribution in [0.2, 0.25) is 0 Å². The van der Waals surface area contributed by atoms with Crippen molar-refractivity contribution >= 4 is 28.4 Å². The van der Waals surface area contributed by atoms with Crippen LogP contribution in [0.3, 0.4) is 0 Å². The molecular formula is C26H28FN6O3+. The number of hydrogen-bond donors (Lipinski definition) is 2. The number of ether oxygens (including phenoxy) is 1. The molecule has 0 atom stereocenters. The highest BCUT2D eigenvalue weighted by molar-refractivity contribution is 6.00. The van der Waals surface area contributed by atoms with E-state index < -0.39 is 0 Å². The molecule has 4 heterocycles. The van der Waals surface area contributed by atoms with E-state index in [4.69, 9.17) is 15.5 Å². The summed E-state index contributed by atoms with van der Waals surface area (Å²) in [5, 5.41) is 3.19. The maximum absolute atomic E-state index is 13.5. The highest BCUT2D eigenvalue weighted by Gasteiger charge is 2.25. The number of hydrogen-bond acceptors (Lipinski definition) is 6.